The van der Waals surface area contributed by atoms with E-state index in [0.717, 1.165) is 36.9 Å². The van der Waals surface area contributed by atoms with Gasteiger partial charge < -0.3 is 14.6 Å². The number of hydrogen-bond donors (Lipinski definition) is 1. The summed E-state index contributed by atoms with van der Waals surface area (Å²) in [6, 6.07) is 8.35. The summed E-state index contributed by atoms with van der Waals surface area (Å²) in [4.78, 5) is 14.3. The SMILES string of the molecule is CNC1CCN(C(=O)c2cc3cc(C)ccc3o2)CC1. The van der Waals surface area contributed by atoms with Gasteiger partial charge in [0.25, 0.3) is 5.91 Å². The van der Waals surface area contributed by atoms with E-state index in [1.165, 1.54) is 5.56 Å². The highest BCUT2D eigenvalue weighted by molar-refractivity contribution is 5.96. The Labute approximate surface area is 118 Å². The van der Waals surface area contributed by atoms with Crippen LogP contribution in [0.4, 0.5) is 0 Å². The van der Waals surface area contributed by atoms with Crippen molar-refractivity contribution in [2.24, 2.45) is 0 Å². The van der Waals surface area contributed by atoms with Crippen molar-refractivity contribution < 1.29 is 9.21 Å². The number of fused-ring (bicyclic) bond motifs is 1. The molecule has 106 valence electrons. The molecule has 2 aromatic rings. The van der Waals surface area contributed by atoms with Gasteiger partial charge in [-0.3, -0.25) is 4.79 Å². The van der Waals surface area contributed by atoms with E-state index in [1.807, 2.05) is 43.1 Å². The van der Waals surface area contributed by atoms with Crippen molar-refractivity contribution in [2.75, 3.05) is 20.1 Å². The second kappa shape index (κ2) is 5.29. The minimum atomic E-state index is 0.00778. The molecule has 0 bridgehead atoms. The summed E-state index contributed by atoms with van der Waals surface area (Å²) in [5.41, 5.74) is 1.95. The summed E-state index contributed by atoms with van der Waals surface area (Å²) in [6.45, 7) is 3.62. The van der Waals surface area contributed by atoms with Crippen LogP contribution < -0.4 is 5.32 Å². The Bertz CT molecular complexity index is 624. The number of nitrogens with zero attached hydrogens (tertiary/aromatic N) is 1. The summed E-state index contributed by atoms with van der Waals surface area (Å²) in [7, 11) is 1.98. The maximum atomic E-state index is 12.5. The minimum Gasteiger partial charge on any atom is -0.451 e. The van der Waals surface area contributed by atoms with Gasteiger partial charge in [-0.1, -0.05) is 11.6 Å². The molecule has 1 aliphatic heterocycles. The van der Waals surface area contributed by atoms with Crippen LogP contribution >= 0.6 is 0 Å². The maximum Gasteiger partial charge on any atom is 0.289 e. The average Bonchev–Trinajstić information content (AvgIpc) is 2.89. The minimum absolute atomic E-state index is 0.00778. The number of likely N-dealkylation sites (tertiary alicyclic amines) is 1. The summed E-state index contributed by atoms with van der Waals surface area (Å²) in [6.07, 6.45) is 2.00. The van der Waals surface area contributed by atoms with Gasteiger partial charge >= 0.3 is 0 Å². The molecule has 3 rings (SSSR count). The van der Waals surface area contributed by atoms with Gasteiger partial charge in [0.15, 0.2) is 5.76 Å². The average molecular weight is 272 g/mol. The van der Waals surface area contributed by atoms with E-state index in [9.17, 15) is 4.79 Å². The number of hydrogen-bond acceptors (Lipinski definition) is 3. The monoisotopic (exact) mass is 272 g/mol. The molecular weight excluding hydrogens is 252 g/mol. The Morgan fingerprint density at radius 2 is 2.05 bits per heavy atom. The van der Waals surface area contributed by atoms with E-state index in [2.05, 4.69) is 5.32 Å². The van der Waals surface area contributed by atoms with Crippen molar-refractivity contribution in [1.29, 1.82) is 0 Å². The Morgan fingerprint density at radius 3 is 2.75 bits per heavy atom. The standard InChI is InChI=1S/C16H20N2O2/c1-11-3-4-14-12(9-11)10-15(20-14)16(19)18-7-5-13(17-2)6-8-18/h3-4,9-10,13,17H,5-8H2,1-2H3. The van der Waals surface area contributed by atoms with E-state index >= 15 is 0 Å². The third-order valence-corrected chi connectivity index (χ3v) is 4.07. The van der Waals surface area contributed by atoms with Gasteiger partial charge in [-0.2, -0.15) is 0 Å². The van der Waals surface area contributed by atoms with E-state index in [-0.39, 0.29) is 5.91 Å². The van der Waals surface area contributed by atoms with Crippen LogP contribution in [0, 0.1) is 6.92 Å². The van der Waals surface area contributed by atoms with E-state index in [0.29, 0.717) is 11.8 Å². The highest BCUT2D eigenvalue weighted by atomic mass is 16.3. The lowest BCUT2D eigenvalue weighted by molar-refractivity contribution is 0.0677. The molecule has 2 heterocycles. The van der Waals surface area contributed by atoms with Crippen molar-refractivity contribution in [3.05, 3.63) is 35.6 Å². The van der Waals surface area contributed by atoms with Gasteiger partial charge in [0.1, 0.15) is 5.58 Å². The van der Waals surface area contributed by atoms with Gasteiger partial charge in [0, 0.05) is 24.5 Å². The number of benzene rings is 1. The number of aryl methyl sites for hydroxylation is 1. The van der Waals surface area contributed by atoms with Gasteiger partial charge in [0.2, 0.25) is 0 Å². The predicted octanol–water partition coefficient (Wildman–Crippen LogP) is 2.57. The van der Waals surface area contributed by atoms with Gasteiger partial charge in [-0.25, -0.2) is 0 Å². The zero-order valence-corrected chi connectivity index (χ0v) is 12.0. The van der Waals surface area contributed by atoms with Gasteiger partial charge in [0.05, 0.1) is 0 Å². The number of amides is 1. The lowest BCUT2D eigenvalue weighted by atomic mass is 10.1. The summed E-state index contributed by atoms with van der Waals surface area (Å²) < 4.78 is 5.68. The number of carbonyl (C=O) groups is 1. The molecule has 0 spiro atoms. The quantitative estimate of drug-likeness (QED) is 0.914. The fourth-order valence-electron chi connectivity index (χ4n) is 2.80. The van der Waals surface area contributed by atoms with Crippen molar-refractivity contribution >= 4 is 16.9 Å². The van der Waals surface area contributed by atoms with Crippen molar-refractivity contribution in [2.45, 2.75) is 25.8 Å². The Hall–Kier alpha value is -1.81. The molecule has 1 fully saturated rings. The van der Waals surface area contributed by atoms with Gasteiger partial charge in [-0.05, 0) is 45.0 Å². The largest absolute Gasteiger partial charge is 0.451 e. The third kappa shape index (κ3) is 2.43. The second-order valence-electron chi connectivity index (χ2n) is 5.51. The first-order valence-corrected chi connectivity index (χ1v) is 7.14. The van der Waals surface area contributed by atoms with Crippen molar-refractivity contribution in [1.82, 2.24) is 10.2 Å². The first-order valence-electron chi connectivity index (χ1n) is 7.14. The first-order chi connectivity index (χ1) is 9.67. The van der Waals surface area contributed by atoms with Crippen LogP contribution in [0.1, 0.15) is 29.0 Å². The van der Waals surface area contributed by atoms with Crippen LogP contribution in [-0.2, 0) is 0 Å². The molecule has 1 saturated heterocycles. The normalized spacial score (nSPS) is 16.8. The number of furan rings is 1. The zero-order valence-electron chi connectivity index (χ0n) is 12.0. The Morgan fingerprint density at radius 1 is 1.30 bits per heavy atom. The van der Waals surface area contributed by atoms with E-state index in [4.69, 9.17) is 4.42 Å². The zero-order chi connectivity index (χ0) is 14.1. The fraction of sp³-hybridized carbons (Fsp3) is 0.438. The number of piperidine rings is 1. The number of carbonyl (C=O) groups excluding carboxylic acids is 1. The van der Waals surface area contributed by atoms with Crippen LogP contribution in [0.15, 0.2) is 28.7 Å². The topological polar surface area (TPSA) is 45.5 Å². The first kappa shape index (κ1) is 13.2. The molecule has 0 atom stereocenters. The molecule has 0 unspecified atom stereocenters. The molecule has 0 saturated carbocycles. The lowest BCUT2D eigenvalue weighted by Crippen LogP contribution is -2.43. The smallest absolute Gasteiger partial charge is 0.289 e. The maximum absolute atomic E-state index is 12.5. The number of rotatable bonds is 2. The summed E-state index contributed by atoms with van der Waals surface area (Å²) in [5.74, 6) is 0.460. The second-order valence-corrected chi connectivity index (χ2v) is 5.51. The Balaban J connectivity index is 1.79. The van der Waals surface area contributed by atoms with Crippen LogP contribution in [0.2, 0.25) is 0 Å². The molecule has 4 nitrogen and oxygen atoms in total. The van der Waals surface area contributed by atoms with Crippen molar-refractivity contribution in [3.8, 4) is 0 Å². The van der Waals surface area contributed by atoms with Crippen LogP contribution in [0.5, 0.6) is 0 Å². The molecule has 1 aromatic heterocycles. The molecule has 4 heteroatoms. The molecule has 1 N–H and O–H groups in total. The van der Waals surface area contributed by atoms with E-state index in [1.54, 1.807) is 0 Å². The number of nitrogens with one attached hydrogen (secondary N) is 1. The molecule has 20 heavy (non-hydrogen) atoms. The summed E-state index contributed by atoms with van der Waals surface area (Å²) >= 11 is 0. The van der Waals surface area contributed by atoms with Crippen LogP contribution in [0.25, 0.3) is 11.0 Å². The molecular formula is C16H20N2O2. The van der Waals surface area contributed by atoms with Crippen LogP contribution in [-0.4, -0.2) is 37.0 Å². The highest BCUT2D eigenvalue weighted by Crippen LogP contribution is 2.22. The van der Waals surface area contributed by atoms with Gasteiger partial charge in [-0.15, -0.1) is 0 Å². The van der Waals surface area contributed by atoms with E-state index < -0.39 is 0 Å². The molecule has 1 aliphatic rings. The summed E-state index contributed by atoms with van der Waals surface area (Å²) in [5, 5.41) is 4.27. The predicted molar refractivity (Wildman–Crippen MR) is 78.9 cm³/mol. The molecule has 0 aliphatic carbocycles. The lowest BCUT2D eigenvalue weighted by Gasteiger charge is -2.31. The van der Waals surface area contributed by atoms with Crippen molar-refractivity contribution in [3.63, 3.8) is 0 Å². The molecule has 0 radical (unpaired) electrons. The highest BCUT2D eigenvalue weighted by Gasteiger charge is 2.24. The molecule has 1 aromatic carbocycles. The third-order valence-electron chi connectivity index (χ3n) is 4.07. The molecule has 1 amide bonds. The fourth-order valence-corrected chi connectivity index (χ4v) is 2.80. The van der Waals surface area contributed by atoms with Crippen LogP contribution in [0.3, 0.4) is 0 Å². The Kier molecular flexibility index (Phi) is 3.49.